The number of anilines is 1. The Kier molecular flexibility index (Phi) is 7.91. The van der Waals surface area contributed by atoms with E-state index in [1.54, 1.807) is 13.0 Å². The van der Waals surface area contributed by atoms with Gasteiger partial charge in [0.25, 0.3) is 0 Å². The maximum atomic E-state index is 13.5. The third-order valence-electron chi connectivity index (χ3n) is 6.37. The molecule has 0 spiro atoms. The van der Waals surface area contributed by atoms with Gasteiger partial charge in [0, 0.05) is 37.8 Å². The third-order valence-corrected chi connectivity index (χ3v) is 6.37. The first-order valence-corrected chi connectivity index (χ1v) is 11.8. The van der Waals surface area contributed by atoms with Gasteiger partial charge >= 0.3 is 5.97 Å². The highest BCUT2D eigenvalue weighted by atomic mass is 19.1. The van der Waals surface area contributed by atoms with Gasteiger partial charge in [-0.3, -0.25) is 4.90 Å². The second-order valence-corrected chi connectivity index (χ2v) is 8.54. The molecule has 0 bridgehead atoms. The second-order valence-electron chi connectivity index (χ2n) is 8.54. The van der Waals surface area contributed by atoms with Crippen molar-refractivity contribution >= 4 is 11.7 Å². The number of carbonyl (C=O) groups is 1. The van der Waals surface area contributed by atoms with Crippen molar-refractivity contribution in [1.29, 1.82) is 0 Å². The number of nitrogens with zero attached hydrogens (tertiary/aromatic N) is 2. The predicted octanol–water partition coefficient (Wildman–Crippen LogP) is 5.49. The van der Waals surface area contributed by atoms with Crippen LogP contribution >= 0.6 is 0 Å². The molecule has 1 saturated heterocycles. The first-order chi connectivity index (χ1) is 16.5. The zero-order valence-electron chi connectivity index (χ0n) is 19.4. The Balaban J connectivity index is 1.38. The van der Waals surface area contributed by atoms with E-state index in [0.717, 1.165) is 56.0 Å². The van der Waals surface area contributed by atoms with Crippen molar-refractivity contribution in [3.63, 3.8) is 0 Å². The summed E-state index contributed by atoms with van der Waals surface area (Å²) in [6, 6.07) is 20.8. The molecule has 4 nitrogen and oxygen atoms in total. The van der Waals surface area contributed by atoms with Gasteiger partial charge in [0.15, 0.2) is 0 Å². The second kappa shape index (κ2) is 11.3. The Morgan fingerprint density at radius 1 is 0.882 bits per heavy atom. The van der Waals surface area contributed by atoms with E-state index in [0.29, 0.717) is 12.2 Å². The molecule has 6 heteroatoms. The van der Waals surface area contributed by atoms with Gasteiger partial charge in [-0.25, -0.2) is 13.6 Å². The molecule has 1 aliphatic heterocycles. The van der Waals surface area contributed by atoms with Gasteiger partial charge in [0.1, 0.15) is 11.6 Å². The summed E-state index contributed by atoms with van der Waals surface area (Å²) in [6.45, 7) is 6.59. The van der Waals surface area contributed by atoms with Gasteiger partial charge in [-0.05, 0) is 73.5 Å². The van der Waals surface area contributed by atoms with E-state index in [9.17, 15) is 13.6 Å². The molecule has 0 saturated carbocycles. The normalized spacial score (nSPS) is 14.4. The fourth-order valence-corrected chi connectivity index (χ4v) is 4.50. The standard InChI is InChI=1S/C28H30F2N2O2/c1-2-34-28(33)23-4-3-5-26(20-23)32-18-16-31(17-19-32)15-14-27(21-6-10-24(29)11-7-21)22-8-12-25(30)13-9-22/h3-13,20,27H,2,14-19H2,1H3. The van der Waals surface area contributed by atoms with Crippen LogP contribution < -0.4 is 4.90 Å². The number of carbonyl (C=O) groups excluding carboxylic acids is 1. The van der Waals surface area contributed by atoms with E-state index in [2.05, 4.69) is 9.80 Å². The molecule has 0 N–H and O–H groups in total. The largest absolute Gasteiger partial charge is 0.462 e. The molecule has 34 heavy (non-hydrogen) atoms. The molecule has 0 atom stereocenters. The van der Waals surface area contributed by atoms with Crippen LogP contribution in [0, 0.1) is 11.6 Å². The van der Waals surface area contributed by atoms with E-state index in [-0.39, 0.29) is 23.5 Å². The zero-order chi connectivity index (χ0) is 23.9. The summed E-state index contributed by atoms with van der Waals surface area (Å²) >= 11 is 0. The molecule has 4 rings (SSSR count). The highest BCUT2D eigenvalue weighted by Gasteiger charge is 2.21. The number of rotatable bonds is 8. The molecule has 0 aromatic heterocycles. The van der Waals surface area contributed by atoms with Crippen LogP contribution in [0.1, 0.15) is 40.7 Å². The highest BCUT2D eigenvalue weighted by molar-refractivity contribution is 5.90. The van der Waals surface area contributed by atoms with Crippen LogP contribution in [-0.2, 0) is 4.74 Å². The van der Waals surface area contributed by atoms with Crippen molar-refractivity contribution in [2.24, 2.45) is 0 Å². The maximum absolute atomic E-state index is 13.5. The minimum atomic E-state index is -0.296. The van der Waals surface area contributed by atoms with Crippen molar-refractivity contribution in [2.75, 3.05) is 44.2 Å². The molecule has 3 aromatic rings. The lowest BCUT2D eigenvalue weighted by molar-refractivity contribution is 0.0526. The molecule has 3 aromatic carbocycles. The van der Waals surface area contributed by atoms with E-state index in [1.807, 2.05) is 42.5 Å². The molecule has 0 amide bonds. The minimum absolute atomic E-state index is 0.0699. The van der Waals surface area contributed by atoms with Crippen molar-refractivity contribution in [1.82, 2.24) is 4.90 Å². The van der Waals surface area contributed by atoms with Crippen LogP contribution in [0.3, 0.4) is 0 Å². The number of esters is 1. The summed E-state index contributed by atoms with van der Waals surface area (Å²) in [5, 5.41) is 0. The zero-order valence-corrected chi connectivity index (χ0v) is 19.4. The molecule has 1 aliphatic rings. The van der Waals surface area contributed by atoms with E-state index < -0.39 is 0 Å². The molecular weight excluding hydrogens is 434 g/mol. The van der Waals surface area contributed by atoms with Crippen LogP contribution in [0.25, 0.3) is 0 Å². The average molecular weight is 465 g/mol. The minimum Gasteiger partial charge on any atom is -0.462 e. The summed E-state index contributed by atoms with van der Waals surface area (Å²) < 4.78 is 32.1. The Morgan fingerprint density at radius 3 is 2.03 bits per heavy atom. The number of hydrogen-bond acceptors (Lipinski definition) is 4. The highest BCUT2D eigenvalue weighted by Crippen LogP contribution is 2.29. The third kappa shape index (κ3) is 6.00. The van der Waals surface area contributed by atoms with Crippen molar-refractivity contribution in [3.8, 4) is 0 Å². The van der Waals surface area contributed by atoms with Crippen LogP contribution in [-0.4, -0.2) is 50.2 Å². The molecule has 0 unspecified atom stereocenters. The molecule has 0 aliphatic carbocycles. The summed E-state index contributed by atoms with van der Waals surface area (Å²) in [5.41, 5.74) is 3.66. The number of piperazine rings is 1. The van der Waals surface area contributed by atoms with Gasteiger partial charge < -0.3 is 9.64 Å². The SMILES string of the molecule is CCOC(=O)c1cccc(N2CCN(CCC(c3ccc(F)cc3)c3ccc(F)cc3)CC2)c1. The summed E-state index contributed by atoms with van der Waals surface area (Å²) in [6.07, 6.45) is 0.857. The topological polar surface area (TPSA) is 32.8 Å². The van der Waals surface area contributed by atoms with Crippen molar-refractivity contribution in [3.05, 3.63) is 101 Å². The fraction of sp³-hybridized carbons (Fsp3) is 0.321. The first kappa shape index (κ1) is 23.9. The molecular formula is C28H30F2N2O2. The van der Waals surface area contributed by atoms with Gasteiger partial charge in [0.05, 0.1) is 12.2 Å². The van der Waals surface area contributed by atoms with Crippen LogP contribution in [0.5, 0.6) is 0 Å². The molecule has 1 heterocycles. The monoisotopic (exact) mass is 464 g/mol. The van der Waals surface area contributed by atoms with E-state index in [4.69, 9.17) is 4.74 Å². The summed E-state index contributed by atoms with van der Waals surface area (Å²) in [4.78, 5) is 16.8. The Labute approximate surface area is 199 Å². The molecule has 0 radical (unpaired) electrons. The average Bonchev–Trinajstić information content (AvgIpc) is 2.87. The Bertz CT molecular complexity index is 1030. The molecule has 178 valence electrons. The van der Waals surface area contributed by atoms with Gasteiger partial charge in [-0.2, -0.15) is 0 Å². The summed E-state index contributed by atoms with van der Waals surface area (Å²) in [5.74, 6) is -0.745. The Hall–Kier alpha value is -3.25. The number of hydrogen-bond donors (Lipinski definition) is 0. The lowest BCUT2D eigenvalue weighted by atomic mass is 9.88. The fourth-order valence-electron chi connectivity index (χ4n) is 4.50. The van der Waals surface area contributed by atoms with Crippen LogP contribution in [0.4, 0.5) is 14.5 Å². The smallest absolute Gasteiger partial charge is 0.338 e. The maximum Gasteiger partial charge on any atom is 0.338 e. The number of ether oxygens (including phenoxy) is 1. The Morgan fingerprint density at radius 2 is 1.47 bits per heavy atom. The summed E-state index contributed by atoms with van der Waals surface area (Å²) in [7, 11) is 0. The van der Waals surface area contributed by atoms with E-state index >= 15 is 0 Å². The quantitative estimate of drug-likeness (QED) is 0.413. The lowest BCUT2D eigenvalue weighted by Gasteiger charge is -2.37. The number of benzene rings is 3. The first-order valence-electron chi connectivity index (χ1n) is 11.8. The van der Waals surface area contributed by atoms with Gasteiger partial charge in [0.2, 0.25) is 0 Å². The molecule has 1 fully saturated rings. The van der Waals surface area contributed by atoms with Crippen molar-refractivity contribution in [2.45, 2.75) is 19.3 Å². The van der Waals surface area contributed by atoms with Crippen molar-refractivity contribution < 1.29 is 18.3 Å². The predicted molar refractivity (Wildman–Crippen MR) is 130 cm³/mol. The lowest BCUT2D eigenvalue weighted by Crippen LogP contribution is -2.46. The van der Waals surface area contributed by atoms with Crippen LogP contribution in [0.15, 0.2) is 72.8 Å². The van der Waals surface area contributed by atoms with Gasteiger partial charge in [-0.15, -0.1) is 0 Å². The number of halogens is 2. The van der Waals surface area contributed by atoms with Crippen LogP contribution in [0.2, 0.25) is 0 Å². The van der Waals surface area contributed by atoms with Gasteiger partial charge in [-0.1, -0.05) is 30.3 Å². The van der Waals surface area contributed by atoms with E-state index in [1.165, 1.54) is 24.3 Å².